The van der Waals surface area contributed by atoms with E-state index < -0.39 is 17.2 Å². The molecule has 0 spiro atoms. The zero-order chi connectivity index (χ0) is 20.4. The van der Waals surface area contributed by atoms with Crippen LogP contribution in [-0.2, 0) is 17.7 Å². The van der Waals surface area contributed by atoms with E-state index in [4.69, 9.17) is 11.6 Å². The van der Waals surface area contributed by atoms with Crippen molar-refractivity contribution in [3.8, 4) is 22.4 Å². The highest BCUT2D eigenvalue weighted by atomic mass is 35.5. The lowest BCUT2D eigenvalue weighted by atomic mass is 10.0. The van der Waals surface area contributed by atoms with Gasteiger partial charge in [-0.1, -0.05) is 11.6 Å². The summed E-state index contributed by atoms with van der Waals surface area (Å²) in [6, 6.07) is 6.70. The molecule has 29 heavy (non-hydrogen) atoms. The summed E-state index contributed by atoms with van der Waals surface area (Å²) in [7, 11) is 0. The minimum atomic E-state index is -2.34. The van der Waals surface area contributed by atoms with Gasteiger partial charge in [-0.25, -0.2) is 19.7 Å². The molecule has 4 aromatic rings. The van der Waals surface area contributed by atoms with Gasteiger partial charge in [0.05, 0.1) is 5.69 Å². The van der Waals surface area contributed by atoms with Gasteiger partial charge in [0.25, 0.3) is 0 Å². The minimum absolute atomic E-state index is 0.206. The molecule has 0 radical (unpaired) electrons. The molecule has 8 nitrogen and oxygen atoms in total. The molecule has 4 rings (SSSR count). The number of halogens is 2. The zero-order valence-electron chi connectivity index (χ0n) is 14.7. The minimum Gasteiger partial charge on any atom is -0.760 e. The van der Waals surface area contributed by atoms with Crippen molar-refractivity contribution in [2.45, 2.75) is 6.42 Å². The highest BCUT2D eigenvalue weighted by Crippen LogP contribution is 2.30. The van der Waals surface area contributed by atoms with Gasteiger partial charge in [-0.15, -0.1) is 0 Å². The normalized spacial score (nSPS) is 12.4. The lowest BCUT2D eigenvalue weighted by Gasteiger charge is -2.09. The summed E-state index contributed by atoms with van der Waals surface area (Å²) >= 11 is 3.80. The lowest BCUT2D eigenvalue weighted by molar-refractivity contribution is 0.523. The van der Waals surface area contributed by atoms with Crippen molar-refractivity contribution in [1.29, 1.82) is 0 Å². The average molecular weight is 432 g/mol. The Morgan fingerprint density at radius 1 is 1.14 bits per heavy atom. The number of nitrogens with one attached hydrogen (secondary N) is 2. The van der Waals surface area contributed by atoms with Gasteiger partial charge in [-0.3, -0.25) is 9.31 Å². The van der Waals surface area contributed by atoms with Crippen LogP contribution in [0.2, 0.25) is 5.15 Å². The van der Waals surface area contributed by atoms with E-state index >= 15 is 0 Å². The molecule has 0 amide bonds. The fraction of sp³-hybridized carbons (Fsp3) is 0.111. The van der Waals surface area contributed by atoms with E-state index in [0.29, 0.717) is 39.4 Å². The van der Waals surface area contributed by atoms with Crippen molar-refractivity contribution in [2.75, 3.05) is 6.54 Å². The molecule has 0 saturated heterocycles. The first-order valence-corrected chi connectivity index (χ1v) is 9.90. The van der Waals surface area contributed by atoms with Gasteiger partial charge >= 0.3 is 0 Å². The second kappa shape index (κ2) is 8.29. The molecule has 0 aliphatic rings. The van der Waals surface area contributed by atoms with E-state index in [9.17, 15) is 13.2 Å². The number of aromatic amines is 1. The molecular weight excluding hydrogens is 419 g/mol. The second-order valence-electron chi connectivity index (χ2n) is 6.11. The molecule has 1 atom stereocenters. The second-order valence-corrected chi connectivity index (χ2v) is 7.23. The Labute approximate surface area is 172 Å². The third-order valence-electron chi connectivity index (χ3n) is 4.28. The third-order valence-corrected chi connectivity index (χ3v) is 5.06. The van der Waals surface area contributed by atoms with Crippen LogP contribution in [0.25, 0.3) is 33.4 Å². The molecule has 11 heteroatoms. The summed E-state index contributed by atoms with van der Waals surface area (Å²) in [5.41, 5.74) is 3.94. The molecule has 0 aromatic carbocycles. The van der Waals surface area contributed by atoms with Crippen LogP contribution >= 0.6 is 11.6 Å². The quantitative estimate of drug-likeness (QED) is 0.358. The predicted molar refractivity (Wildman–Crippen MR) is 106 cm³/mol. The van der Waals surface area contributed by atoms with Crippen LogP contribution in [0.3, 0.4) is 0 Å². The molecule has 0 fully saturated rings. The smallest absolute Gasteiger partial charge is 0.213 e. The summed E-state index contributed by atoms with van der Waals surface area (Å²) in [6.07, 6.45) is 5.03. The maximum atomic E-state index is 13.5. The van der Waals surface area contributed by atoms with Gasteiger partial charge in [0.2, 0.25) is 5.95 Å². The first-order valence-electron chi connectivity index (χ1n) is 8.45. The SMILES string of the molecule is O=S([O-])NCCc1cc(-c2cnc3n[nH]c(-c4ccnc(F)c4)c3c2)cnc1Cl. The van der Waals surface area contributed by atoms with E-state index in [-0.39, 0.29) is 6.54 Å². The molecule has 0 aliphatic heterocycles. The topological polar surface area (TPSA) is 120 Å². The Hall–Kier alpha value is -2.79. The van der Waals surface area contributed by atoms with Crippen molar-refractivity contribution >= 4 is 33.9 Å². The maximum Gasteiger partial charge on any atom is 0.213 e. The molecule has 0 saturated carbocycles. The molecule has 2 N–H and O–H groups in total. The maximum absolute atomic E-state index is 13.5. The first-order chi connectivity index (χ1) is 14.0. The molecule has 148 valence electrons. The summed E-state index contributed by atoms with van der Waals surface area (Å²) in [5.74, 6) is -0.589. The number of aromatic nitrogens is 5. The van der Waals surface area contributed by atoms with Gasteiger partial charge in [0.15, 0.2) is 5.65 Å². The summed E-state index contributed by atoms with van der Waals surface area (Å²) in [4.78, 5) is 12.1. The molecule has 4 aromatic heterocycles. The van der Waals surface area contributed by atoms with Crippen LogP contribution in [0.1, 0.15) is 5.56 Å². The standard InChI is InChI=1S/C18H14ClFN6O2S/c19-17-11(2-4-24-29(27)28)5-12(8-22-17)13-6-14-16(25-26-18(14)23-9-13)10-1-3-21-15(20)7-10/h1,3,5-9,24H,2,4H2,(H,27,28)(H,23,25,26)/p-1. The van der Waals surface area contributed by atoms with Crippen molar-refractivity contribution in [2.24, 2.45) is 0 Å². The highest BCUT2D eigenvalue weighted by Gasteiger charge is 2.12. The van der Waals surface area contributed by atoms with Crippen LogP contribution in [0, 0.1) is 5.95 Å². The molecular formula is C18H13ClFN6O2S-. The van der Waals surface area contributed by atoms with Crippen LogP contribution < -0.4 is 4.72 Å². The van der Waals surface area contributed by atoms with Gasteiger partial charge in [0, 0.05) is 64.5 Å². The largest absolute Gasteiger partial charge is 0.760 e. The van der Waals surface area contributed by atoms with Crippen molar-refractivity contribution in [1.82, 2.24) is 29.9 Å². The number of fused-ring (bicyclic) bond motifs is 1. The van der Waals surface area contributed by atoms with Crippen molar-refractivity contribution in [3.63, 3.8) is 0 Å². The van der Waals surface area contributed by atoms with Gasteiger partial charge in [0.1, 0.15) is 5.15 Å². The van der Waals surface area contributed by atoms with Crippen LogP contribution in [0.5, 0.6) is 0 Å². The number of hydrogen-bond acceptors (Lipinski definition) is 6. The van der Waals surface area contributed by atoms with E-state index in [0.717, 1.165) is 11.1 Å². The molecule has 1 unspecified atom stereocenters. The third kappa shape index (κ3) is 4.30. The summed E-state index contributed by atoms with van der Waals surface area (Å²) in [6.45, 7) is 0.206. The number of nitrogens with zero attached hydrogens (tertiary/aromatic N) is 4. The van der Waals surface area contributed by atoms with E-state index in [1.165, 1.54) is 12.3 Å². The Bertz CT molecular complexity index is 1220. The monoisotopic (exact) mass is 431 g/mol. The van der Waals surface area contributed by atoms with E-state index in [1.54, 1.807) is 18.5 Å². The Morgan fingerprint density at radius 2 is 1.93 bits per heavy atom. The Balaban J connectivity index is 1.71. The highest BCUT2D eigenvalue weighted by molar-refractivity contribution is 7.77. The Morgan fingerprint density at radius 3 is 2.72 bits per heavy atom. The van der Waals surface area contributed by atoms with Crippen molar-refractivity contribution < 1.29 is 13.2 Å². The number of H-pyrrole nitrogens is 1. The number of hydrogen-bond donors (Lipinski definition) is 2. The first kappa shape index (κ1) is 19.5. The fourth-order valence-electron chi connectivity index (χ4n) is 2.93. The van der Waals surface area contributed by atoms with Gasteiger partial charge in [-0.05, 0) is 30.2 Å². The molecule has 4 heterocycles. The number of rotatable bonds is 6. The van der Waals surface area contributed by atoms with Gasteiger partial charge < -0.3 is 4.55 Å². The zero-order valence-corrected chi connectivity index (χ0v) is 16.3. The van der Waals surface area contributed by atoms with E-state index in [1.807, 2.05) is 12.1 Å². The number of pyridine rings is 3. The predicted octanol–water partition coefficient (Wildman–Crippen LogP) is 2.80. The summed E-state index contributed by atoms with van der Waals surface area (Å²) < 4.78 is 37.1. The lowest BCUT2D eigenvalue weighted by Crippen LogP contribution is -2.19. The van der Waals surface area contributed by atoms with Gasteiger partial charge in [-0.2, -0.15) is 9.49 Å². The summed E-state index contributed by atoms with van der Waals surface area (Å²) in [5, 5.41) is 8.07. The van der Waals surface area contributed by atoms with Crippen LogP contribution in [-0.4, -0.2) is 40.5 Å². The van der Waals surface area contributed by atoms with Crippen LogP contribution in [0.4, 0.5) is 4.39 Å². The average Bonchev–Trinajstić information content (AvgIpc) is 3.12. The van der Waals surface area contributed by atoms with Crippen molar-refractivity contribution in [3.05, 3.63) is 59.5 Å². The van der Waals surface area contributed by atoms with E-state index in [2.05, 4.69) is 29.9 Å². The Kier molecular flexibility index (Phi) is 5.58. The molecule has 0 aliphatic carbocycles. The molecule has 0 bridgehead atoms. The fourth-order valence-corrected chi connectivity index (χ4v) is 3.40. The van der Waals surface area contributed by atoms with Crippen LogP contribution in [0.15, 0.2) is 42.9 Å².